The second-order valence-electron chi connectivity index (χ2n) is 15.7. The molecule has 1 spiro atoms. The first-order valence-electron chi connectivity index (χ1n) is 18.2. The standard InChI is InChI=1S/C41H44N4O5/c1-5-39-12-8-16-44-22-27-33(36(39)44)45(30-11-7-6-10-24(30)34(27)47)31(21-39)25-18-28-29(19-32(25)49-3)42-35-26(37(48)50-4)20-40(23(2)46)13-9-15-43-17-14-41(28,35)38(40)43/h6-13,18-19,23,31,36,38,42,46H,5,14-17,20-22H2,1-4H3. The minimum absolute atomic E-state index is 0.0385. The maximum atomic E-state index is 14.2. The number of nitrogens with zero attached hydrogens (tertiary/aromatic N) is 3. The maximum absolute atomic E-state index is 14.2. The zero-order valence-electron chi connectivity index (χ0n) is 29.2. The number of hydrogen-bond donors (Lipinski definition) is 2. The van der Waals surface area contributed by atoms with Gasteiger partial charge in [0.2, 0.25) is 0 Å². The Morgan fingerprint density at radius 2 is 1.92 bits per heavy atom. The third-order valence-electron chi connectivity index (χ3n) is 13.9. The SMILES string of the molecule is CCC12C=CCN3Cc4c(n(c5ccccc5c4=O)C(c4cc5c(cc4OC)NC4=C(C(=O)OC)CC6(C(C)O)C=CCN7CCC45C76)C1)C32. The van der Waals surface area contributed by atoms with E-state index < -0.39 is 16.9 Å². The fraction of sp³-hybridized carbons (Fsp3) is 0.463. The molecular weight excluding hydrogens is 628 g/mol. The molecule has 6 aliphatic heterocycles. The first kappa shape index (κ1) is 30.6. The van der Waals surface area contributed by atoms with Crippen molar-refractivity contribution in [3.63, 3.8) is 0 Å². The van der Waals surface area contributed by atoms with Crippen LogP contribution in [0.3, 0.4) is 0 Å². The number of aromatic nitrogens is 1. The first-order valence-corrected chi connectivity index (χ1v) is 18.2. The van der Waals surface area contributed by atoms with E-state index in [2.05, 4.69) is 69.1 Å². The number of hydrogen-bond acceptors (Lipinski definition) is 8. The number of anilines is 1. The van der Waals surface area contributed by atoms with Crippen molar-refractivity contribution in [2.45, 2.75) is 75.7 Å². The summed E-state index contributed by atoms with van der Waals surface area (Å²) in [7, 11) is 3.18. The smallest absolute Gasteiger partial charge is 0.335 e. The quantitative estimate of drug-likeness (QED) is 0.278. The molecule has 2 N–H and O–H groups in total. The largest absolute Gasteiger partial charge is 0.496 e. The lowest BCUT2D eigenvalue weighted by molar-refractivity contribution is -0.137. The topological polar surface area (TPSA) is 96.3 Å². The van der Waals surface area contributed by atoms with Gasteiger partial charge >= 0.3 is 5.97 Å². The maximum Gasteiger partial charge on any atom is 0.335 e. The zero-order valence-corrected chi connectivity index (χ0v) is 29.2. The van der Waals surface area contributed by atoms with E-state index in [4.69, 9.17) is 9.47 Å². The van der Waals surface area contributed by atoms with Gasteiger partial charge in [-0.3, -0.25) is 14.6 Å². The average Bonchev–Trinajstić information content (AvgIpc) is 3.83. The number of carbonyl (C=O) groups excluding carboxylic acids is 1. The zero-order chi connectivity index (χ0) is 34.3. The highest BCUT2D eigenvalue weighted by Gasteiger charge is 2.67. The highest BCUT2D eigenvalue weighted by molar-refractivity contribution is 5.93. The van der Waals surface area contributed by atoms with Crippen LogP contribution >= 0.6 is 0 Å². The molecule has 1 aliphatic carbocycles. The molecule has 1 fully saturated rings. The number of aliphatic hydroxyl groups is 1. The summed E-state index contributed by atoms with van der Waals surface area (Å²) in [6.07, 6.45) is 11.4. The van der Waals surface area contributed by atoms with Crippen LogP contribution in [0.1, 0.15) is 74.0 Å². The van der Waals surface area contributed by atoms with Crippen LogP contribution < -0.4 is 15.5 Å². The van der Waals surface area contributed by atoms with Gasteiger partial charge in [-0.2, -0.15) is 0 Å². The molecule has 0 radical (unpaired) electrons. The lowest BCUT2D eigenvalue weighted by atomic mass is 9.54. The van der Waals surface area contributed by atoms with Crippen LogP contribution in [0.2, 0.25) is 0 Å². The van der Waals surface area contributed by atoms with Crippen molar-refractivity contribution in [2.24, 2.45) is 10.8 Å². The number of methoxy groups -OCH3 is 2. The summed E-state index contributed by atoms with van der Waals surface area (Å²) in [5.74, 6) is 0.433. The third kappa shape index (κ3) is 3.49. The van der Waals surface area contributed by atoms with E-state index in [0.717, 1.165) is 89.3 Å². The van der Waals surface area contributed by atoms with Gasteiger partial charge in [-0.05, 0) is 56.4 Å². The third-order valence-corrected chi connectivity index (χ3v) is 13.9. The number of benzene rings is 2. The van der Waals surface area contributed by atoms with Gasteiger partial charge in [0, 0.05) is 82.7 Å². The molecule has 10 rings (SSSR count). The number of ether oxygens (including phenoxy) is 2. The summed E-state index contributed by atoms with van der Waals surface area (Å²) in [6, 6.07) is 12.6. The van der Waals surface area contributed by atoms with E-state index in [0.29, 0.717) is 18.5 Å². The molecule has 7 atom stereocenters. The van der Waals surface area contributed by atoms with Crippen molar-refractivity contribution in [1.82, 2.24) is 14.4 Å². The summed E-state index contributed by atoms with van der Waals surface area (Å²) in [5.41, 5.74) is 6.53. The molecule has 7 heterocycles. The molecule has 3 aromatic rings. The van der Waals surface area contributed by atoms with Crippen LogP contribution in [0.5, 0.6) is 5.75 Å². The second-order valence-corrected chi connectivity index (χ2v) is 15.7. The Balaban J connectivity index is 1.26. The van der Waals surface area contributed by atoms with Crippen LogP contribution in [0, 0.1) is 10.8 Å². The van der Waals surface area contributed by atoms with E-state index >= 15 is 0 Å². The van der Waals surface area contributed by atoms with Gasteiger partial charge in [0.05, 0.1) is 48.9 Å². The first-order chi connectivity index (χ1) is 24.2. The lowest BCUT2D eigenvalue weighted by Gasteiger charge is -2.55. The fourth-order valence-electron chi connectivity index (χ4n) is 11.9. The van der Waals surface area contributed by atoms with E-state index in [1.165, 1.54) is 7.11 Å². The van der Waals surface area contributed by atoms with Crippen molar-refractivity contribution in [1.29, 1.82) is 0 Å². The van der Waals surface area contributed by atoms with E-state index in [1.807, 2.05) is 25.1 Å². The molecule has 1 aromatic heterocycles. The number of nitrogens with one attached hydrogen (secondary N) is 1. The van der Waals surface area contributed by atoms with Crippen molar-refractivity contribution in [3.8, 4) is 5.75 Å². The van der Waals surface area contributed by atoms with Gasteiger partial charge in [0.15, 0.2) is 5.43 Å². The van der Waals surface area contributed by atoms with Gasteiger partial charge in [0.1, 0.15) is 5.75 Å². The molecule has 0 saturated carbocycles. The molecule has 7 unspecified atom stereocenters. The van der Waals surface area contributed by atoms with Gasteiger partial charge < -0.3 is 24.5 Å². The van der Waals surface area contributed by atoms with Gasteiger partial charge in [-0.15, -0.1) is 0 Å². The number of carbonyl (C=O) groups is 1. The Morgan fingerprint density at radius 3 is 2.70 bits per heavy atom. The highest BCUT2D eigenvalue weighted by Crippen LogP contribution is 2.66. The highest BCUT2D eigenvalue weighted by atomic mass is 16.5. The molecule has 1 saturated heterocycles. The number of pyridine rings is 1. The lowest BCUT2D eigenvalue weighted by Crippen LogP contribution is -2.62. The van der Waals surface area contributed by atoms with Crippen molar-refractivity contribution < 1.29 is 19.4 Å². The average molecular weight is 673 g/mol. The summed E-state index contributed by atoms with van der Waals surface area (Å²) in [6.45, 7) is 7.32. The molecule has 0 bridgehead atoms. The minimum atomic E-state index is -0.680. The predicted molar refractivity (Wildman–Crippen MR) is 191 cm³/mol. The summed E-state index contributed by atoms with van der Waals surface area (Å²) >= 11 is 0. The molecule has 9 heteroatoms. The molecule has 9 nitrogen and oxygen atoms in total. The Bertz CT molecular complexity index is 2180. The summed E-state index contributed by atoms with van der Waals surface area (Å²) in [5, 5.41) is 16.1. The van der Waals surface area contributed by atoms with Crippen molar-refractivity contribution in [2.75, 3.05) is 39.2 Å². The minimum Gasteiger partial charge on any atom is -0.496 e. The van der Waals surface area contributed by atoms with Crippen LogP contribution in [-0.2, 0) is 21.5 Å². The molecule has 0 amide bonds. The molecular formula is C41H44N4O5. The summed E-state index contributed by atoms with van der Waals surface area (Å²) < 4.78 is 14.2. The fourth-order valence-corrected chi connectivity index (χ4v) is 11.9. The van der Waals surface area contributed by atoms with E-state index in [1.54, 1.807) is 7.11 Å². The Labute approximate surface area is 291 Å². The number of aliphatic hydroxyl groups excluding tert-OH is 1. The van der Waals surface area contributed by atoms with Crippen LogP contribution in [0.15, 0.2) is 76.8 Å². The van der Waals surface area contributed by atoms with Crippen LogP contribution in [-0.4, -0.2) is 71.4 Å². The predicted octanol–water partition coefficient (Wildman–Crippen LogP) is 5.33. The molecule has 258 valence electrons. The van der Waals surface area contributed by atoms with E-state index in [9.17, 15) is 14.7 Å². The molecule has 50 heavy (non-hydrogen) atoms. The number of para-hydroxylation sites is 1. The van der Waals surface area contributed by atoms with Crippen LogP contribution in [0.4, 0.5) is 5.69 Å². The molecule has 2 aromatic carbocycles. The monoisotopic (exact) mass is 672 g/mol. The second kappa shape index (κ2) is 10.2. The Kier molecular flexibility index (Phi) is 6.25. The molecule has 7 aliphatic rings. The Hall–Kier alpha value is -4.18. The van der Waals surface area contributed by atoms with Crippen molar-refractivity contribution in [3.05, 3.63) is 105 Å². The van der Waals surface area contributed by atoms with Crippen molar-refractivity contribution >= 4 is 22.6 Å². The normalized spacial score (nSPS) is 33.5. The van der Waals surface area contributed by atoms with Gasteiger partial charge in [-0.1, -0.05) is 43.4 Å². The van der Waals surface area contributed by atoms with Gasteiger partial charge in [0.25, 0.3) is 0 Å². The van der Waals surface area contributed by atoms with Crippen LogP contribution in [0.25, 0.3) is 10.9 Å². The number of fused-ring (bicyclic) bond motifs is 3. The Morgan fingerprint density at radius 1 is 1.12 bits per heavy atom. The van der Waals surface area contributed by atoms with E-state index in [-0.39, 0.29) is 34.9 Å². The summed E-state index contributed by atoms with van der Waals surface area (Å²) in [4.78, 5) is 32.8. The van der Waals surface area contributed by atoms with Gasteiger partial charge in [-0.25, -0.2) is 4.79 Å². The number of esters is 1. The number of rotatable bonds is 5.